The number of benzene rings is 2. The second kappa shape index (κ2) is 4.93. The molecule has 2 aromatic rings. The van der Waals surface area contributed by atoms with E-state index in [2.05, 4.69) is 47.8 Å². The number of hydrogen-bond donors (Lipinski definition) is 2. The predicted molar refractivity (Wildman–Crippen MR) is 86.2 cm³/mol. The molecule has 0 atom stereocenters. The number of halogens is 3. The van der Waals surface area contributed by atoms with Crippen molar-refractivity contribution < 1.29 is 19.8 Å². The molecule has 0 spiro atoms. The average molecular weight is 477 g/mol. The molecule has 0 bridgehead atoms. The number of rotatable bonds is 0. The van der Waals surface area contributed by atoms with Crippen LogP contribution in [0.5, 0.6) is 11.5 Å². The first kappa shape index (κ1) is 14.7. The number of carbonyl (C=O) groups excluding carboxylic acids is 2. The lowest BCUT2D eigenvalue weighted by Crippen LogP contribution is -2.22. The molecule has 4 nitrogen and oxygen atoms in total. The van der Waals surface area contributed by atoms with Crippen LogP contribution in [0, 0.1) is 0 Å². The summed E-state index contributed by atoms with van der Waals surface area (Å²) >= 11 is 9.40. The molecule has 1 aliphatic rings. The van der Waals surface area contributed by atoms with E-state index in [9.17, 15) is 19.8 Å². The second-order valence-corrected chi connectivity index (χ2v) is 6.84. The van der Waals surface area contributed by atoms with Gasteiger partial charge in [0.15, 0.2) is 11.6 Å². The topological polar surface area (TPSA) is 74.6 Å². The minimum Gasteiger partial charge on any atom is -0.506 e. The molecule has 2 aromatic carbocycles. The molecular weight excluding hydrogens is 472 g/mol. The van der Waals surface area contributed by atoms with Crippen molar-refractivity contribution in [3.05, 3.63) is 53.9 Å². The molecule has 0 saturated carbocycles. The Labute approximate surface area is 144 Å². The lowest BCUT2D eigenvalue weighted by Gasteiger charge is -2.21. The molecule has 1 aliphatic carbocycles. The Morgan fingerprint density at radius 1 is 0.762 bits per heavy atom. The van der Waals surface area contributed by atoms with Crippen LogP contribution in [0.2, 0.25) is 0 Å². The zero-order chi connectivity index (χ0) is 15.5. The number of fused-ring (bicyclic) bond motifs is 2. The van der Waals surface area contributed by atoms with Gasteiger partial charge in [0.05, 0.1) is 20.1 Å². The number of ketones is 2. The Morgan fingerprint density at radius 2 is 1.29 bits per heavy atom. The van der Waals surface area contributed by atoms with E-state index >= 15 is 0 Å². The fourth-order valence-electron chi connectivity index (χ4n) is 2.31. The predicted octanol–water partition coefficient (Wildman–Crippen LogP) is 4.16. The quantitative estimate of drug-likeness (QED) is 0.478. The highest BCUT2D eigenvalue weighted by Gasteiger charge is 2.37. The minimum absolute atomic E-state index is 0.121. The van der Waals surface area contributed by atoms with Gasteiger partial charge in [-0.25, -0.2) is 0 Å². The van der Waals surface area contributed by atoms with Crippen molar-refractivity contribution in [1.29, 1.82) is 0 Å². The first-order valence-corrected chi connectivity index (χ1v) is 8.05. The summed E-state index contributed by atoms with van der Waals surface area (Å²) < 4.78 is 0.704. The summed E-state index contributed by atoms with van der Waals surface area (Å²) in [5, 5.41) is 20.3. The third-order valence-electron chi connectivity index (χ3n) is 3.27. The van der Waals surface area contributed by atoms with E-state index in [1.807, 2.05) is 0 Å². The lowest BCUT2D eigenvalue weighted by molar-refractivity contribution is 0.0973. The molecule has 2 N–H and O–H groups in total. The maximum absolute atomic E-state index is 12.6. The molecule has 3 rings (SSSR count). The summed E-state index contributed by atoms with van der Waals surface area (Å²) in [7, 11) is 0. The highest BCUT2D eigenvalue weighted by molar-refractivity contribution is 9.13. The molecule has 0 heterocycles. The van der Waals surface area contributed by atoms with Crippen LogP contribution in [-0.2, 0) is 0 Å². The monoisotopic (exact) mass is 474 g/mol. The first-order valence-electron chi connectivity index (χ1n) is 5.67. The Hall–Kier alpha value is -1.18. The molecule has 21 heavy (non-hydrogen) atoms. The van der Waals surface area contributed by atoms with Gasteiger partial charge >= 0.3 is 0 Å². The molecule has 0 unspecified atom stereocenters. The van der Waals surface area contributed by atoms with Crippen molar-refractivity contribution >= 4 is 59.4 Å². The van der Waals surface area contributed by atoms with E-state index < -0.39 is 11.6 Å². The van der Waals surface area contributed by atoms with E-state index in [0.29, 0.717) is 4.47 Å². The zero-order valence-corrected chi connectivity index (χ0v) is 14.8. The van der Waals surface area contributed by atoms with Gasteiger partial charge in [-0.15, -0.1) is 0 Å². The summed E-state index contributed by atoms with van der Waals surface area (Å²) in [4.78, 5) is 25.2. The third kappa shape index (κ3) is 1.91. The van der Waals surface area contributed by atoms with Crippen LogP contribution in [0.4, 0.5) is 0 Å². The Kier molecular flexibility index (Phi) is 3.46. The largest absolute Gasteiger partial charge is 0.506 e. The molecule has 0 radical (unpaired) electrons. The number of carbonyl (C=O) groups is 2. The van der Waals surface area contributed by atoms with Gasteiger partial charge in [-0.3, -0.25) is 9.59 Å². The number of hydrogen-bond acceptors (Lipinski definition) is 4. The Morgan fingerprint density at radius 3 is 1.86 bits per heavy atom. The molecule has 0 amide bonds. The van der Waals surface area contributed by atoms with E-state index in [1.165, 1.54) is 6.07 Å². The van der Waals surface area contributed by atoms with Crippen LogP contribution in [0.3, 0.4) is 0 Å². The van der Waals surface area contributed by atoms with Gasteiger partial charge < -0.3 is 10.2 Å². The minimum atomic E-state index is -0.520. The van der Waals surface area contributed by atoms with Crippen molar-refractivity contribution in [3.8, 4) is 11.5 Å². The third-order valence-corrected chi connectivity index (χ3v) is 6.01. The van der Waals surface area contributed by atoms with Crippen molar-refractivity contribution in [2.75, 3.05) is 0 Å². The summed E-state index contributed by atoms with van der Waals surface area (Å²) in [6.07, 6.45) is 0. The maximum Gasteiger partial charge on any atom is 0.199 e. The van der Waals surface area contributed by atoms with E-state index in [-0.39, 0.29) is 42.7 Å². The normalized spacial score (nSPS) is 13.1. The molecular formula is C14H5Br3O4. The SMILES string of the molecule is O=C1c2cccc(Br)c2C(=O)c2c(O)c(Br)c(Br)c(O)c21. The van der Waals surface area contributed by atoms with Gasteiger partial charge in [-0.05, 0) is 37.9 Å². The van der Waals surface area contributed by atoms with Crippen LogP contribution in [-0.4, -0.2) is 21.8 Å². The van der Waals surface area contributed by atoms with Gasteiger partial charge in [-0.2, -0.15) is 0 Å². The summed E-state index contributed by atoms with van der Waals surface area (Å²) in [6.45, 7) is 0. The number of phenols is 2. The smallest absolute Gasteiger partial charge is 0.199 e. The maximum atomic E-state index is 12.6. The van der Waals surface area contributed by atoms with E-state index in [4.69, 9.17) is 0 Å². The fraction of sp³-hybridized carbons (Fsp3) is 0. The van der Waals surface area contributed by atoms with Crippen LogP contribution in [0.25, 0.3) is 0 Å². The second-order valence-electron chi connectivity index (χ2n) is 4.40. The summed E-state index contributed by atoms with van der Waals surface area (Å²) in [6, 6.07) is 4.78. The number of phenolic OH excluding ortho intramolecular Hbond substituents is 2. The van der Waals surface area contributed by atoms with Crippen molar-refractivity contribution in [2.24, 2.45) is 0 Å². The van der Waals surface area contributed by atoms with Gasteiger partial charge in [0, 0.05) is 15.6 Å². The number of aromatic hydroxyl groups is 2. The van der Waals surface area contributed by atoms with Gasteiger partial charge in [-0.1, -0.05) is 28.1 Å². The van der Waals surface area contributed by atoms with Crippen molar-refractivity contribution in [3.63, 3.8) is 0 Å². The van der Waals surface area contributed by atoms with Crippen molar-refractivity contribution in [1.82, 2.24) is 0 Å². The van der Waals surface area contributed by atoms with Gasteiger partial charge in [0.2, 0.25) is 0 Å². The summed E-state index contributed by atoms with van der Waals surface area (Å²) in [5.41, 5.74) is -0.0325. The lowest BCUT2D eigenvalue weighted by atomic mass is 9.83. The molecule has 0 aliphatic heterocycles. The molecule has 0 saturated heterocycles. The van der Waals surface area contributed by atoms with Gasteiger partial charge in [0.1, 0.15) is 11.5 Å². The summed E-state index contributed by atoms with van der Waals surface area (Å²) in [5.74, 6) is -1.79. The average Bonchev–Trinajstić information content (AvgIpc) is 2.46. The van der Waals surface area contributed by atoms with Crippen LogP contribution < -0.4 is 0 Å². The fourth-order valence-corrected chi connectivity index (χ4v) is 3.63. The van der Waals surface area contributed by atoms with Crippen LogP contribution in [0.15, 0.2) is 31.6 Å². The highest BCUT2D eigenvalue weighted by atomic mass is 79.9. The molecule has 7 heteroatoms. The first-order chi connectivity index (χ1) is 9.86. The Balaban J connectivity index is 2.47. The van der Waals surface area contributed by atoms with Crippen LogP contribution in [0.1, 0.15) is 31.8 Å². The zero-order valence-electron chi connectivity index (χ0n) is 10.1. The van der Waals surface area contributed by atoms with E-state index in [1.54, 1.807) is 12.1 Å². The molecule has 0 fully saturated rings. The Bertz CT molecular complexity index is 843. The van der Waals surface area contributed by atoms with Gasteiger partial charge in [0.25, 0.3) is 0 Å². The molecule has 106 valence electrons. The molecule has 0 aromatic heterocycles. The van der Waals surface area contributed by atoms with Crippen molar-refractivity contribution in [2.45, 2.75) is 0 Å². The van der Waals surface area contributed by atoms with Crippen LogP contribution >= 0.6 is 47.8 Å². The van der Waals surface area contributed by atoms with E-state index in [0.717, 1.165) is 0 Å². The standard InChI is InChI=1S/C14H5Br3O4/c15-5-3-1-2-4-6(5)12(19)8-7(11(4)18)13(20)9(16)10(17)14(8)21/h1-3,20-21H. The highest BCUT2D eigenvalue weighted by Crippen LogP contribution is 2.48.